The number of nitrogens with one attached hydrogen (secondary N) is 1. The van der Waals surface area contributed by atoms with Crippen LogP contribution in [0.25, 0.3) is 0 Å². The van der Waals surface area contributed by atoms with Crippen LogP contribution < -0.4 is 5.32 Å². The van der Waals surface area contributed by atoms with E-state index in [1.165, 1.54) is 0 Å². The summed E-state index contributed by atoms with van der Waals surface area (Å²) in [5, 5.41) is 3.24. The molecule has 17 heavy (non-hydrogen) atoms. The molecule has 0 bridgehead atoms. The van der Waals surface area contributed by atoms with Gasteiger partial charge in [-0.25, -0.2) is 0 Å². The summed E-state index contributed by atoms with van der Waals surface area (Å²) in [7, 11) is 1.66. The monoisotopic (exact) mass is 245 g/mol. The van der Waals surface area contributed by atoms with Gasteiger partial charge in [0.25, 0.3) is 0 Å². The summed E-state index contributed by atoms with van der Waals surface area (Å²) >= 11 is 0. The first-order chi connectivity index (χ1) is 7.82. The first-order valence-electron chi connectivity index (χ1n) is 6.27. The number of carbonyl (C=O) groups excluding carboxylic acids is 1. The standard InChI is InChI=1S/C13H27NO3/c1-7-17-12(15)11(14-9-10(2)3)8-13(4,5)16-6/h10-11,14H,7-9H2,1-6H3. The minimum Gasteiger partial charge on any atom is -0.465 e. The molecule has 1 N–H and O–H groups in total. The predicted molar refractivity (Wildman–Crippen MR) is 69.0 cm³/mol. The lowest BCUT2D eigenvalue weighted by atomic mass is 9.98. The third-order valence-electron chi connectivity index (χ3n) is 2.59. The predicted octanol–water partition coefficient (Wildman–Crippen LogP) is 1.98. The molecular formula is C13H27NO3. The van der Waals surface area contributed by atoms with Gasteiger partial charge in [0.15, 0.2) is 0 Å². The molecule has 102 valence electrons. The second-order valence-electron chi connectivity index (χ2n) is 5.27. The summed E-state index contributed by atoms with van der Waals surface area (Å²) in [4.78, 5) is 11.8. The van der Waals surface area contributed by atoms with Crippen LogP contribution in [0.4, 0.5) is 0 Å². The normalized spacial score (nSPS) is 13.8. The van der Waals surface area contributed by atoms with Crippen LogP contribution in [0.3, 0.4) is 0 Å². The Balaban J connectivity index is 4.44. The van der Waals surface area contributed by atoms with Crippen LogP contribution in [-0.2, 0) is 14.3 Å². The van der Waals surface area contributed by atoms with Crippen LogP contribution in [0.15, 0.2) is 0 Å². The van der Waals surface area contributed by atoms with Crippen LogP contribution in [-0.4, -0.2) is 37.9 Å². The number of ether oxygens (including phenoxy) is 2. The van der Waals surface area contributed by atoms with Crippen LogP contribution >= 0.6 is 0 Å². The second-order valence-corrected chi connectivity index (χ2v) is 5.27. The van der Waals surface area contributed by atoms with Crippen molar-refractivity contribution in [3.05, 3.63) is 0 Å². The molecule has 0 spiro atoms. The van der Waals surface area contributed by atoms with E-state index in [1.807, 2.05) is 20.8 Å². The first-order valence-corrected chi connectivity index (χ1v) is 6.27. The van der Waals surface area contributed by atoms with Gasteiger partial charge in [-0.1, -0.05) is 13.8 Å². The van der Waals surface area contributed by atoms with Gasteiger partial charge in [0.2, 0.25) is 0 Å². The van der Waals surface area contributed by atoms with Gasteiger partial charge in [-0.3, -0.25) is 4.79 Å². The van der Waals surface area contributed by atoms with Crippen molar-refractivity contribution >= 4 is 5.97 Å². The molecule has 0 aromatic rings. The number of hydrogen-bond acceptors (Lipinski definition) is 4. The third kappa shape index (κ3) is 7.34. The number of rotatable bonds is 8. The van der Waals surface area contributed by atoms with E-state index in [9.17, 15) is 4.79 Å². The topological polar surface area (TPSA) is 47.6 Å². The fourth-order valence-electron chi connectivity index (χ4n) is 1.43. The smallest absolute Gasteiger partial charge is 0.323 e. The number of carbonyl (C=O) groups is 1. The van der Waals surface area contributed by atoms with Gasteiger partial charge in [-0.2, -0.15) is 0 Å². The number of esters is 1. The van der Waals surface area contributed by atoms with E-state index in [1.54, 1.807) is 7.11 Å². The largest absolute Gasteiger partial charge is 0.465 e. The van der Waals surface area contributed by atoms with Gasteiger partial charge in [0.1, 0.15) is 6.04 Å². The first kappa shape index (κ1) is 16.4. The molecule has 0 saturated carbocycles. The maximum atomic E-state index is 11.8. The molecule has 0 amide bonds. The van der Waals surface area contributed by atoms with E-state index in [-0.39, 0.29) is 17.6 Å². The molecule has 1 atom stereocenters. The van der Waals surface area contributed by atoms with Crippen molar-refractivity contribution < 1.29 is 14.3 Å². The molecule has 1 unspecified atom stereocenters. The summed E-state index contributed by atoms with van der Waals surface area (Å²) in [6, 6.07) is -0.299. The molecule has 0 saturated heterocycles. The van der Waals surface area contributed by atoms with Crippen molar-refractivity contribution in [2.45, 2.75) is 52.7 Å². The highest BCUT2D eigenvalue weighted by Crippen LogP contribution is 2.16. The molecule has 0 rings (SSSR count). The van der Waals surface area contributed by atoms with Crippen LogP contribution in [0, 0.1) is 5.92 Å². The number of hydrogen-bond donors (Lipinski definition) is 1. The highest BCUT2D eigenvalue weighted by atomic mass is 16.5. The molecular weight excluding hydrogens is 218 g/mol. The fourth-order valence-corrected chi connectivity index (χ4v) is 1.43. The van der Waals surface area contributed by atoms with Crippen molar-refractivity contribution in [2.75, 3.05) is 20.3 Å². The van der Waals surface area contributed by atoms with E-state index in [0.717, 1.165) is 6.54 Å². The van der Waals surface area contributed by atoms with E-state index >= 15 is 0 Å². The maximum Gasteiger partial charge on any atom is 0.323 e. The second kappa shape index (κ2) is 7.67. The summed E-state index contributed by atoms with van der Waals surface area (Å²) in [5.74, 6) is 0.302. The minimum absolute atomic E-state index is 0.196. The Labute approximate surface area is 105 Å². The van der Waals surface area contributed by atoms with E-state index < -0.39 is 0 Å². The Hall–Kier alpha value is -0.610. The molecule has 0 aliphatic rings. The zero-order chi connectivity index (χ0) is 13.5. The molecule has 0 radical (unpaired) electrons. The van der Waals surface area contributed by atoms with E-state index in [2.05, 4.69) is 19.2 Å². The summed E-state index contributed by atoms with van der Waals surface area (Å²) in [5.41, 5.74) is -0.332. The molecule has 0 fully saturated rings. The summed E-state index contributed by atoms with van der Waals surface area (Å²) < 4.78 is 10.4. The fraction of sp³-hybridized carbons (Fsp3) is 0.923. The molecule has 0 aromatic carbocycles. The molecule has 4 nitrogen and oxygen atoms in total. The van der Waals surface area contributed by atoms with Crippen LogP contribution in [0.1, 0.15) is 41.0 Å². The van der Waals surface area contributed by atoms with Gasteiger partial charge in [-0.15, -0.1) is 0 Å². The lowest BCUT2D eigenvalue weighted by Crippen LogP contribution is -2.45. The van der Waals surface area contributed by atoms with Gasteiger partial charge < -0.3 is 14.8 Å². The van der Waals surface area contributed by atoms with Crippen molar-refractivity contribution in [2.24, 2.45) is 5.92 Å². The van der Waals surface area contributed by atoms with Crippen LogP contribution in [0.5, 0.6) is 0 Å². The highest BCUT2D eigenvalue weighted by Gasteiger charge is 2.28. The summed E-state index contributed by atoms with van der Waals surface area (Å²) in [6.45, 7) is 11.2. The Morgan fingerprint density at radius 3 is 2.35 bits per heavy atom. The molecule has 0 aliphatic carbocycles. The number of methoxy groups -OCH3 is 1. The Morgan fingerprint density at radius 2 is 1.94 bits per heavy atom. The minimum atomic E-state index is -0.332. The van der Waals surface area contributed by atoms with Crippen LogP contribution in [0.2, 0.25) is 0 Å². The van der Waals surface area contributed by atoms with Crippen molar-refractivity contribution in [1.82, 2.24) is 5.32 Å². The zero-order valence-corrected chi connectivity index (χ0v) is 12.0. The SMILES string of the molecule is CCOC(=O)C(CC(C)(C)OC)NCC(C)C. The molecule has 4 heteroatoms. The van der Waals surface area contributed by atoms with Gasteiger partial charge >= 0.3 is 5.97 Å². The van der Waals surface area contributed by atoms with Gasteiger partial charge in [0, 0.05) is 13.5 Å². The molecule has 0 heterocycles. The maximum absolute atomic E-state index is 11.8. The Kier molecular flexibility index (Phi) is 7.39. The third-order valence-corrected chi connectivity index (χ3v) is 2.59. The summed E-state index contributed by atoms with van der Waals surface area (Å²) in [6.07, 6.45) is 0.606. The van der Waals surface area contributed by atoms with Crippen molar-refractivity contribution in [1.29, 1.82) is 0 Å². The Bertz CT molecular complexity index is 227. The van der Waals surface area contributed by atoms with E-state index in [4.69, 9.17) is 9.47 Å². The molecule has 0 aliphatic heterocycles. The average molecular weight is 245 g/mol. The zero-order valence-electron chi connectivity index (χ0n) is 12.0. The highest BCUT2D eigenvalue weighted by molar-refractivity contribution is 5.75. The Morgan fingerprint density at radius 1 is 1.35 bits per heavy atom. The van der Waals surface area contributed by atoms with Gasteiger partial charge in [0.05, 0.1) is 12.2 Å². The lowest BCUT2D eigenvalue weighted by molar-refractivity contribution is -0.147. The average Bonchev–Trinajstić information content (AvgIpc) is 2.24. The lowest BCUT2D eigenvalue weighted by Gasteiger charge is -2.28. The van der Waals surface area contributed by atoms with Crippen molar-refractivity contribution in [3.8, 4) is 0 Å². The van der Waals surface area contributed by atoms with E-state index in [0.29, 0.717) is 18.9 Å². The van der Waals surface area contributed by atoms with Gasteiger partial charge in [-0.05, 0) is 33.2 Å². The molecule has 0 aromatic heterocycles. The quantitative estimate of drug-likeness (QED) is 0.664. The van der Waals surface area contributed by atoms with Crippen molar-refractivity contribution in [3.63, 3.8) is 0 Å².